The van der Waals surface area contributed by atoms with Crippen molar-refractivity contribution in [3.63, 3.8) is 0 Å². The average molecular weight is 358 g/mol. The van der Waals surface area contributed by atoms with Crippen LogP contribution in [0, 0.1) is 11.3 Å². The van der Waals surface area contributed by atoms with Crippen molar-refractivity contribution in [2.24, 2.45) is 0 Å². The summed E-state index contributed by atoms with van der Waals surface area (Å²) in [7, 11) is 0. The number of benzene rings is 1. The lowest BCUT2D eigenvalue weighted by Crippen LogP contribution is -2.12. The third-order valence-corrected chi connectivity index (χ3v) is 3.18. The van der Waals surface area contributed by atoms with E-state index in [2.05, 4.69) is 15.9 Å². The predicted octanol–water partition coefficient (Wildman–Crippen LogP) is 4.55. The zero-order valence-corrected chi connectivity index (χ0v) is 11.9. The number of hydrogen-bond acceptors (Lipinski definition) is 3. The number of alkyl halides is 3. The topological polar surface area (TPSA) is 54.0 Å². The molecule has 1 aromatic carbocycles. The molecule has 1 atom stereocenters. The molecule has 2 rings (SSSR count). The Morgan fingerprint density at radius 2 is 2.00 bits per heavy atom. The van der Waals surface area contributed by atoms with Crippen molar-refractivity contribution >= 4 is 21.7 Å². The largest absolute Gasteiger partial charge is 0.446 e. The van der Waals surface area contributed by atoms with Crippen LogP contribution in [0.1, 0.15) is 27.6 Å². The van der Waals surface area contributed by atoms with Crippen LogP contribution in [0.5, 0.6) is 0 Å². The highest BCUT2D eigenvalue weighted by atomic mass is 79.9. The van der Waals surface area contributed by atoms with E-state index in [1.165, 1.54) is 18.2 Å². The highest BCUT2D eigenvalue weighted by molar-refractivity contribution is 9.10. The van der Waals surface area contributed by atoms with Gasteiger partial charge in [0.25, 0.3) is 0 Å². The van der Waals surface area contributed by atoms with Crippen molar-refractivity contribution in [2.45, 2.75) is 12.1 Å². The van der Waals surface area contributed by atoms with Gasteiger partial charge in [-0.25, -0.2) is 0 Å². The Labute approximate surface area is 126 Å². The van der Waals surface area contributed by atoms with Crippen LogP contribution >= 0.6 is 15.9 Å². The second kappa shape index (κ2) is 5.74. The van der Waals surface area contributed by atoms with Gasteiger partial charge in [-0.3, -0.25) is 4.79 Å². The molecule has 21 heavy (non-hydrogen) atoms. The highest BCUT2D eigenvalue weighted by Crippen LogP contribution is 2.32. The molecule has 0 bridgehead atoms. The molecule has 1 unspecified atom stereocenters. The summed E-state index contributed by atoms with van der Waals surface area (Å²) in [5, 5.41) is 9.11. The summed E-state index contributed by atoms with van der Waals surface area (Å²) in [6.07, 6.45) is -4.53. The summed E-state index contributed by atoms with van der Waals surface area (Å²) in [4.78, 5) is 12.1. The molecule has 0 aliphatic carbocycles. The van der Waals surface area contributed by atoms with Crippen molar-refractivity contribution in [1.29, 1.82) is 5.26 Å². The molecule has 1 heterocycles. The molecule has 0 aliphatic rings. The number of Topliss-reactive ketones (excluding diaryl/α,β-unsaturated/α-hetero) is 1. The molecule has 0 aliphatic heterocycles. The molecule has 0 radical (unpaired) electrons. The van der Waals surface area contributed by atoms with Crippen LogP contribution in [-0.4, -0.2) is 5.78 Å². The number of carbonyl (C=O) groups excluding carboxylic acids is 1. The van der Waals surface area contributed by atoms with E-state index in [-0.39, 0.29) is 11.3 Å². The van der Waals surface area contributed by atoms with Gasteiger partial charge in [0.15, 0.2) is 10.4 Å². The standard InChI is InChI=1S/C14H7BrF3NO2/c15-12-5-4-11(21-12)13(20)10(7-19)8-2-1-3-9(6-8)14(16,17)18/h1-6,10H. The van der Waals surface area contributed by atoms with Crippen molar-refractivity contribution < 1.29 is 22.4 Å². The fourth-order valence-corrected chi connectivity index (χ4v) is 2.07. The van der Waals surface area contributed by atoms with Crippen molar-refractivity contribution in [1.82, 2.24) is 0 Å². The summed E-state index contributed by atoms with van der Waals surface area (Å²) in [5.74, 6) is -2.14. The summed E-state index contributed by atoms with van der Waals surface area (Å²) in [6, 6.07) is 8.67. The first kappa shape index (κ1) is 15.3. The third-order valence-electron chi connectivity index (χ3n) is 2.75. The molecule has 0 N–H and O–H groups in total. The lowest BCUT2D eigenvalue weighted by molar-refractivity contribution is -0.137. The zero-order chi connectivity index (χ0) is 15.6. The molecule has 108 valence electrons. The summed E-state index contributed by atoms with van der Waals surface area (Å²) in [6.45, 7) is 0. The number of carbonyl (C=O) groups is 1. The number of nitriles is 1. The fraction of sp³-hybridized carbons (Fsp3) is 0.143. The van der Waals surface area contributed by atoms with Crippen molar-refractivity contribution in [3.8, 4) is 6.07 Å². The molecular weight excluding hydrogens is 351 g/mol. The molecule has 0 fully saturated rings. The van der Waals surface area contributed by atoms with Gasteiger partial charge < -0.3 is 4.42 Å². The molecule has 2 aromatic rings. The molecule has 0 saturated carbocycles. The Bertz CT molecular complexity index is 715. The second-order valence-corrected chi connectivity index (χ2v) is 4.93. The van der Waals surface area contributed by atoms with E-state index in [1.54, 1.807) is 6.07 Å². The monoisotopic (exact) mass is 357 g/mol. The highest BCUT2D eigenvalue weighted by Gasteiger charge is 2.32. The van der Waals surface area contributed by atoms with Gasteiger partial charge in [-0.1, -0.05) is 18.2 Å². The van der Waals surface area contributed by atoms with Gasteiger partial charge in [0.1, 0.15) is 5.92 Å². The quantitative estimate of drug-likeness (QED) is 0.757. The minimum atomic E-state index is -4.53. The smallest absolute Gasteiger partial charge is 0.416 e. The van der Waals surface area contributed by atoms with E-state index in [1.807, 2.05) is 0 Å². The molecule has 0 saturated heterocycles. The summed E-state index contributed by atoms with van der Waals surface area (Å²) in [5.41, 5.74) is -0.932. The van der Waals surface area contributed by atoms with Crippen LogP contribution < -0.4 is 0 Å². The van der Waals surface area contributed by atoms with Gasteiger partial charge in [0.2, 0.25) is 5.78 Å². The van der Waals surface area contributed by atoms with Crippen LogP contribution in [0.3, 0.4) is 0 Å². The minimum absolute atomic E-state index is 0.0233. The Hall–Kier alpha value is -2.07. The second-order valence-electron chi connectivity index (χ2n) is 4.15. The third kappa shape index (κ3) is 3.34. The van der Waals surface area contributed by atoms with Gasteiger partial charge >= 0.3 is 6.18 Å². The number of halogens is 4. The summed E-state index contributed by atoms with van der Waals surface area (Å²) < 4.78 is 43.3. The van der Waals surface area contributed by atoms with Crippen LogP contribution in [0.25, 0.3) is 0 Å². The van der Waals surface area contributed by atoms with Crippen LogP contribution in [0.15, 0.2) is 45.5 Å². The maximum absolute atomic E-state index is 12.7. The van der Waals surface area contributed by atoms with E-state index >= 15 is 0 Å². The van der Waals surface area contributed by atoms with Crippen LogP contribution in [0.2, 0.25) is 0 Å². The molecular formula is C14H7BrF3NO2. The molecule has 3 nitrogen and oxygen atoms in total. The Morgan fingerprint density at radius 3 is 2.52 bits per heavy atom. The van der Waals surface area contributed by atoms with Gasteiger partial charge in [0.05, 0.1) is 11.6 Å². The van der Waals surface area contributed by atoms with E-state index in [0.717, 1.165) is 18.2 Å². The Kier molecular flexibility index (Phi) is 4.19. The first-order valence-corrected chi connectivity index (χ1v) is 6.48. The number of hydrogen-bond donors (Lipinski definition) is 0. The molecule has 0 spiro atoms. The predicted molar refractivity (Wildman–Crippen MR) is 70.5 cm³/mol. The maximum Gasteiger partial charge on any atom is 0.416 e. The van der Waals surface area contributed by atoms with Crippen LogP contribution in [0.4, 0.5) is 13.2 Å². The van der Waals surface area contributed by atoms with Crippen molar-refractivity contribution in [2.75, 3.05) is 0 Å². The minimum Gasteiger partial charge on any atom is -0.446 e. The Morgan fingerprint density at radius 1 is 1.29 bits per heavy atom. The first-order valence-electron chi connectivity index (χ1n) is 5.69. The Balaban J connectivity index is 2.39. The maximum atomic E-state index is 12.7. The number of furan rings is 1. The van der Waals surface area contributed by atoms with Gasteiger partial charge in [-0.05, 0) is 39.7 Å². The molecule has 1 aromatic heterocycles. The normalized spacial score (nSPS) is 12.7. The van der Waals surface area contributed by atoms with Crippen molar-refractivity contribution in [3.05, 3.63) is 58.0 Å². The lowest BCUT2D eigenvalue weighted by atomic mass is 9.93. The number of rotatable bonds is 3. The average Bonchev–Trinajstić information content (AvgIpc) is 2.85. The molecule has 7 heteroatoms. The van der Waals surface area contributed by atoms with Crippen LogP contribution in [-0.2, 0) is 6.18 Å². The van der Waals surface area contributed by atoms with E-state index < -0.39 is 23.4 Å². The van der Waals surface area contributed by atoms with Gasteiger partial charge in [0, 0.05) is 0 Å². The van der Waals surface area contributed by atoms with E-state index in [0.29, 0.717) is 4.67 Å². The first-order chi connectivity index (χ1) is 9.82. The van der Waals surface area contributed by atoms with E-state index in [9.17, 15) is 18.0 Å². The van der Waals surface area contributed by atoms with E-state index in [4.69, 9.17) is 9.68 Å². The lowest BCUT2D eigenvalue weighted by Gasteiger charge is -2.11. The zero-order valence-electron chi connectivity index (χ0n) is 10.3. The van der Waals surface area contributed by atoms with Gasteiger partial charge in [-0.2, -0.15) is 18.4 Å². The van der Waals surface area contributed by atoms with Gasteiger partial charge in [-0.15, -0.1) is 0 Å². The number of ketones is 1. The summed E-state index contributed by atoms with van der Waals surface area (Å²) >= 11 is 3.01. The SMILES string of the molecule is N#CC(C(=O)c1ccc(Br)o1)c1cccc(C(F)(F)F)c1. The molecule has 0 amide bonds. The number of nitrogens with zero attached hydrogens (tertiary/aromatic N) is 1. The fourth-order valence-electron chi connectivity index (χ4n) is 1.77.